The molecule has 0 amide bonds. The maximum atomic E-state index is 11.9. The molecular weight excluding hydrogens is 1040 g/mol. The molecule has 0 aliphatic carbocycles. The van der Waals surface area contributed by atoms with E-state index in [0.717, 1.165) is 0 Å². The van der Waals surface area contributed by atoms with Crippen LogP contribution in [-0.2, 0) is 42.9 Å². The van der Waals surface area contributed by atoms with Crippen molar-refractivity contribution < 1.29 is 176 Å². The van der Waals surface area contributed by atoms with Gasteiger partial charge in [-0.3, -0.25) is 9.13 Å². The van der Waals surface area contributed by atoms with Crippen LogP contribution in [0.4, 0.5) is 0 Å². The number of nitrogens with one attached hydrogen (secondary N) is 2. The molecule has 0 spiro atoms. The van der Waals surface area contributed by atoms with Crippen LogP contribution < -0.4 is 138 Å². The minimum atomic E-state index is -4.87. The van der Waals surface area contributed by atoms with E-state index in [0.29, 0.717) is 112 Å². The minimum Gasteiger partial charge on any atom is -0.810 e. The Hall–Kier alpha value is -1.92. The third-order valence-corrected chi connectivity index (χ3v) is 14.3. The standard InChI is InChI=1S/C48H42N4O12P4.4Na/c53-65(54,55)25-29-1-9-33(10-2-29)45-37-17-19-39(49-37)46(34-11-3-30(4-12-34)26-66(56,57)58)41-21-23-43(51-41)48(36-15-7-32(8-16-36)28-68(62,63)64)44-24-22-42(52-44)47(40-20-18-38(45)50-40)35-13-5-31(6-14-35)27-67(59,60)61;;;;/h1-24,49,52H,25-28H2,(H2,53,54,55)(H2,56,57,58)(H2,59,60,61)(H2,62,63,64);;;;/q;4*+1/p-4. The Morgan fingerprint density at radius 2 is 0.556 bits per heavy atom. The van der Waals surface area contributed by atoms with Crippen LogP contribution in [0.1, 0.15) is 45.0 Å². The van der Waals surface area contributed by atoms with Crippen LogP contribution in [0.2, 0.25) is 0 Å². The van der Waals surface area contributed by atoms with Gasteiger partial charge in [0.25, 0.3) is 0 Å². The van der Waals surface area contributed by atoms with Crippen LogP contribution in [0.3, 0.4) is 0 Å². The molecule has 0 saturated heterocycles. The predicted octanol–water partition coefficient (Wildman–Crippen LogP) is -4.48. The SMILES string of the molecule is O=P([O-])([O-])Cc1ccc(-c2c3nc(c(-c4ccc(CP(=O)(O)O)cc4)c4ccc([nH]4)c(-c4ccc(CP(=O)(O)O)cc4)c4nc(c(-c5ccc(CP(=O)([O-])[O-])cc5)c5ccc2[nH]5)C=C4)C=C3)cc1.[Na+].[Na+].[Na+].[Na+]. The third-order valence-electron chi connectivity index (χ3n) is 11.3. The first-order valence-corrected chi connectivity index (χ1v) is 27.8. The Kier molecular flexibility index (Phi) is 20.8. The normalized spacial score (nSPS) is 12.3. The van der Waals surface area contributed by atoms with Gasteiger partial charge < -0.3 is 58.2 Å². The van der Waals surface area contributed by atoms with Crippen LogP contribution in [0, 0.1) is 0 Å². The maximum Gasteiger partial charge on any atom is 1.00 e. The zero-order chi connectivity index (χ0) is 48.2. The largest absolute Gasteiger partial charge is 1.00 e. The van der Waals surface area contributed by atoms with Crippen molar-refractivity contribution in [3.8, 4) is 44.5 Å². The van der Waals surface area contributed by atoms with Crippen LogP contribution in [-0.4, -0.2) is 39.5 Å². The molecule has 0 unspecified atom stereocenters. The molecule has 0 atom stereocenters. The number of hydrogen-bond acceptors (Lipinski definition) is 10. The van der Waals surface area contributed by atoms with Gasteiger partial charge in [0, 0.05) is 56.6 Å². The van der Waals surface area contributed by atoms with Gasteiger partial charge in [0.1, 0.15) is 0 Å². The first-order valence-electron chi connectivity index (χ1n) is 20.8. The molecule has 16 nitrogen and oxygen atoms in total. The fourth-order valence-electron chi connectivity index (χ4n) is 8.45. The van der Waals surface area contributed by atoms with Gasteiger partial charge in [0.2, 0.25) is 0 Å². The average Bonchev–Trinajstić information content (AvgIpc) is 4.09. The first-order chi connectivity index (χ1) is 32.1. The zero-order valence-electron chi connectivity index (χ0n) is 39.4. The number of H-pyrrole nitrogens is 2. The van der Waals surface area contributed by atoms with E-state index >= 15 is 0 Å². The molecule has 0 radical (unpaired) electrons. The van der Waals surface area contributed by atoms with Gasteiger partial charge >= 0.3 is 133 Å². The molecule has 72 heavy (non-hydrogen) atoms. The first kappa shape index (κ1) is 60.9. The van der Waals surface area contributed by atoms with Crippen molar-refractivity contribution in [1.29, 1.82) is 0 Å². The average molecular weight is 1080 g/mol. The summed E-state index contributed by atoms with van der Waals surface area (Å²) >= 11 is 0. The van der Waals surface area contributed by atoms with Gasteiger partial charge in [-0.2, -0.15) is 0 Å². The van der Waals surface area contributed by atoms with Gasteiger partial charge in [-0.25, -0.2) is 9.97 Å². The second kappa shape index (κ2) is 24.6. The summed E-state index contributed by atoms with van der Waals surface area (Å²) in [5.41, 5.74) is 10.8. The van der Waals surface area contributed by atoms with Crippen molar-refractivity contribution in [1.82, 2.24) is 19.9 Å². The van der Waals surface area contributed by atoms with Crippen molar-refractivity contribution >= 4 is 76.8 Å². The zero-order valence-corrected chi connectivity index (χ0v) is 51.0. The molecule has 0 saturated carbocycles. The summed E-state index contributed by atoms with van der Waals surface area (Å²) in [5, 5.41) is 0. The van der Waals surface area contributed by atoms with Gasteiger partial charge in [-0.15, -0.1) is 0 Å². The molecule has 4 aromatic carbocycles. The van der Waals surface area contributed by atoms with Crippen LogP contribution in [0.5, 0.6) is 0 Å². The Bertz CT molecular complexity index is 3110. The summed E-state index contributed by atoms with van der Waals surface area (Å²) in [6, 6.07) is 34.0. The van der Waals surface area contributed by atoms with Gasteiger partial charge in [-0.1, -0.05) is 112 Å². The molecule has 6 N–H and O–H groups in total. The van der Waals surface area contributed by atoms with E-state index in [9.17, 15) is 57.4 Å². The fourth-order valence-corrected chi connectivity index (χ4v) is 11.1. The van der Waals surface area contributed by atoms with E-state index < -0.39 is 55.0 Å². The molecule has 346 valence electrons. The van der Waals surface area contributed by atoms with Crippen molar-refractivity contribution in [3.05, 3.63) is 166 Å². The summed E-state index contributed by atoms with van der Waals surface area (Å²) in [4.78, 5) is 103. The minimum absolute atomic E-state index is 0. The number of aromatic nitrogens is 4. The molecule has 9 rings (SSSR count). The fraction of sp³-hybridized carbons (Fsp3) is 0.0833. The topological polar surface area (TPSA) is 299 Å². The monoisotopic (exact) mass is 1080 g/mol. The third kappa shape index (κ3) is 15.2. The Balaban J connectivity index is 0.00000241. The number of fused-ring (bicyclic) bond motifs is 8. The predicted molar refractivity (Wildman–Crippen MR) is 255 cm³/mol. The van der Waals surface area contributed by atoms with E-state index in [4.69, 9.17) is 9.97 Å². The molecule has 2 aliphatic rings. The second-order valence-electron chi connectivity index (χ2n) is 16.5. The van der Waals surface area contributed by atoms with E-state index in [1.807, 2.05) is 48.6 Å². The number of hydrogen-bond donors (Lipinski definition) is 6. The number of benzene rings is 4. The van der Waals surface area contributed by atoms with E-state index in [-0.39, 0.29) is 118 Å². The smallest absolute Gasteiger partial charge is 0.810 e. The van der Waals surface area contributed by atoms with Crippen molar-refractivity contribution in [3.63, 3.8) is 0 Å². The molecule has 7 aromatic rings. The Morgan fingerprint density at radius 3 is 0.750 bits per heavy atom. The second-order valence-corrected chi connectivity index (χ2v) is 22.8. The molecule has 24 heteroatoms. The van der Waals surface area contributed by atoms with E-state index in [1.54, 1.807) is 97.1 Å². The molecule has 0 fully saturated rings. The summed E-state index contributed by atoms with van der Waals surface area (Å²) in [5.74, 6) is 0. The van der Waals surface area contributed by atoms with Gasteiger partial charge in [0.15, 0.2) is 0 Å². The van der Waals surface area contributed by atoms with Crippen LogP contribution in [0.15, 0.2) is 121 Å². The molecule has 5 heterocycles. The Morgan fingerprint density at radius 1 is 0.347 bits per heavy atom. The Labute approximate surface area is 501 Å². The van der Waals surface area contributed by atoms with Gasteiger partial charge in [0.05, 0.1) is 35.1 Å². The van der Waals surface area contributed by atoms with Crippen LogP contribution >= 0.6 is 30.4 Å². The molecule has 2 aliphatic heterocycles. The van der Waals surface area contributed by atoms with E-state index in [2.05, 4.69) is 9.97 Å². The summed E-state index contributed by atoms with van der Waals surface area (Å²) in [6.07, 6.45) is 5.03. The van der Waals surface area contributed by atoms with Gasteiger partial charge in [-0.05, 0) is 93.1 Å². The van der Waals surface area contributed by atoms with Crippen molar-refractivity contribution in [2.75, 3.05) is 0 Å². The number of nitrogens with zero attached hydrogens (tertiary/aromatic N) is 2. The summed E-state index contributed by atoms with van der Waals surface area (Å²) < 4.78 is 47.2. The van der Waals surface area contributed by atoms with Crippen LogP contribution in [0.25, 0.3) is 90.9 Å². The van der Waals surface area contributed by atoms with Crippen molar-refractivity contribution in [2.45, 2.75) is 24.6 Å². The summed E-state index contributed by atoms with van der Waals surface area (Å²) in [6.45, 7) is 0. The summed E-state index contributed by atoms with van der Waals surface area (Å²) in [7, 11) is -18.5. The quantitative estimate of drug-likeness (QED) is 0.0497. The maximum absolute atomic E-state index is 11.9. The van der Waals surface area contributed by atoms with E-state index in [1.165, 1.54) is 0 Å². The number of rotatable bonds is 12. The number of aromatic amines is 2. The molecular formula is C48H38N4Na4O12P4. The molecule has 3 aromatic heterocycles. The van der Waals surface area contributed by atoms with Crippen molar-refractivity contribution in [2.24, 2.45) is 0 Å². The molecule has 8 bridgehead atoms.